The summed E-state index contributed by atoms with van der Waals surface area (Å²) in [4.78, 5) is 24.1. The maximum Gasteiger partial charge on any atom is 0.407 e. The highest BCUT2D eigenvalue weighted by Crippen LogP contribution is 2.16. The fourth-order valence-corrected chi connectivity index (χ4v) is 1.99. The average molecular weight is 350 g/mol. The molecule has 0 radical (unpaired) electrons. The standard InChI is InChI=1S/C19H30N2O4/c1-13(2)19(7,12-20-17(23)25-18(4,5)6)21-16(22)11-10-15-9-8-14(3)24-15/h8-11,13H,12H2,1-7H3,(H,20,23)(H,21,22). The van der Waals surface area contributed by atoms with Crippen molar-refractivity contribution in [2.75, 3.05) is 6.54 Å². The Balaban J connectivity index is 2.66. The highest BCUT2D eigenvalue weighted by Gasteiger charge is 2.31. The minimum absolute atomic E-state index is 0.102. The number of amides is 2. The molecule has 0 saturated heterocycles. The highest BCUT2D eigenvalue weighted by atomic mass is 16.6. The maximum atomic E-state index is 12.2. The first-order chi connectivity index (χ1) is 11.4. The summed E-state index contributed by atoms with van der Waals surface area (Å²) < 4.78 is 10.6. The van der Waals surface area contributed by atoms with Crippen LogP contribution in [0.25, 0.3) is 6.08 Å². The van der Waals surface area contributed by atoms with Crippen molar-refractivity contribution in [2.45, 2.75) is 59.6 Å². The van der Waals surface area contributed by atoms with Gasteiger partial charge in [0.15, 0.2) is 0 Å². The molecule has 2 amide bonds. The third kappa shape index (κ3) is 7.45. The lowest BCUT2D eigenvalue weighted by atomic mass is 9.88. The molecule has 0 bridgehead atoms. The summed E-state index contributed by atoms with van der Waals surface area (Å²) in [5.74, 6) is 1.25. The third-order valence-corrected chi connectivity index (χ3v) is 3.84. The van der Waals surface area contributed by atoms with Gasteiger partial charge < -0.3 is 19.8 Å². The lowest BCUT2D eigenvalue weighted by Crippen LogP contribution is -2.56. The molecular formula is C19H30N2O4. The van der Waals surface area contributed by atoms with Crippen molar-refractivity contribution >= 4 is 18.1 Å². The van der Waals surface area contributed by atoms with E-state index in [4.69, 9.17) is 9.15 Å². The maximum absolute atomic E-state index is 12.2. The molecule has 0 saturated carbocycles. The zero-order chi connectivity index (χ0) is 19.3. The van der Waals surface area contributed by atoms with Crippen LogP contribution in [0.4, 0.5) is 4.79 Å². The molecular weight excluding hydrogens is 320 g/mol. The summed E-state index contributed by atoms with van der Waals surface area (Å²) >= 11 is 0. The second-order valence-corrected chi connectivity index (χ2v) is 7.70. The Morgan fingerprint density at radius 1 is 1.24 bits per heavy atom. The lowest BCUT2D eigenvalue weighted by Gasteiger charge is -2.35. The van der Waals surface area contributed by atoms with Crippen molar-refractivity contribution in [3.05, 3.63) is 29.7 Å². The van der Waals surface area contributed by atoms with Gasteiger partial charge in [-0.2, -0.15) is 0 Å². The van der Waals surface area contributed by atoms with Crippen molar-refractivity contribution in [3.8, 4) is 0 Å². The molecule has 6 nitrogen and oxygen atoms in total. The summed E-state index contributed by atoms with van der Waals surface area (Å²) in [7, 11) is 0. The van der Waals surface area contributed by atoms with Gasteiger partial charge in [0.05, 0.1) is 5.54 Å². The second-order valence-electron chi connectivity index (χ2n) is 7.70. The molecule has 2 N–H and O–H groups in total. The van der Waals surface area contributed by atoms with Crippen LogP contribution in [0.5, 0.6) is 0 Å². The van der Waals surface area contributed by atoms with Crippen LogP contribution in [0.15, 0.2) is 22.6 Å². The van der Waals surface area contributed by atoms with Crippen LogP contribution in [-0.4, -0.2) is 29.7 Å². The summed E-state index contributed by atoms with van der Waals surface area (Å²) in [5, 5.41) is 5.68. The van der Waals surface area contributed by atoms with Crippen LogP contribution in [0.1, 0.15) is 53.1 Å². The zero-order valence-corrected chi connectivity index (χ0v) is 16.2. The summed E-state index contributed by atoms with van der Waals surface area (Å²) in [6, 6.07) is 3.63. The fourth-order valence-electron chi connectivity index (χ4n) is 1.99. The van der Waals surface area contributed by atoms with E-state index in [1.807, 2.05) is 33.8 Å². The van der Waals surface area contributed by atoms with Crippen molar-refractivity contribution in [1.82, 2.24) is 10.6 Å². The Kier molecular flexibility index (Phi) is 6.85. The molecule has 6 heteroatoms. The predicted octanol–water partition coefficient (Wildman–Crippen LogP) is 3.66. The Morgan fingerprint density at radius 3 is 2.36 bits per heavy atom. The van der Waals surface area contributed by atoms with E-state index in [0.29, 0.717) is 5.76 Å². The number of carbonyl (C=O) groups excluding carboxylic acids is 2. The SMILES string of the molecule is Cc1ccc(C=CC(=O)NC(C)(CNC(=O)OC(C)(C)C)C(C)C)o1. The second kappa shape index (κ2) is 8.23. The summed E-state index contributed by atoms with van der Waals surface area (Å²) in [6.45, 7) is 13.4. The van der Waals surface area contributed by atoms with Gasteiger partial charge in [-0.05, 0) is 58.7 Å². The van der Waals surface area contributed by atoms with Crippen molar-refractivity contribution < 1.29 is 18.7 Å². The van der Waals surface area contributed by atoms with Gasteiger partial charge in [0, 0.05) is 12.6 Å². The first kappa shape index (κ1) is 20.8. The predicted molar refractivity (Wildman–Crippen MR) is 98.1 cm³/mol. The number of carbonyl (C=O) groups is 2. The largest absolute Gasteiger partial charge is 0.462 e. The van der Waals surface area contributed by atoms with Gasteiger partial charge in [-0.3, -0.25) is 4.79 Å². The van der Waals surface area contributed by atoms with Gasteiger partial charge >= 0.3 is 6.09 Å². The number of ether oxygens (including phenoxy) is 1. The molecule has 1 heterocycles. The van der Waals surface area contributed by atoms with E-state index in [2.05, 4.69) is 10.6 Å². The van der Waals surface area contributed by atoms with Gasteiger partial charge in [-0.25, -0.2) is 4.79 Å². The number of rotatable bonds is 6. The Labute approximate surface area is 150 Å². The van der Waals surface area contributed by atoms with E-state index < -0.39 is 17.2 Å². The van der Waals surface area contributed by atoms with Gasteiger partial charge in [0.25, 0.3) is 0 Å². The van der Waals surface area contributed by atoms with E-state index in [9.17, 15) is 9.59 Å². The molecule has 1 unspecified atom stereocenters. The van der Waals surface area contributed by atoms with Crippen molar-refractivity contribution in [1.29, 1.82) is 0 Å². The molecule has 0 aliphatic rings. The zero-order valence-electron chi connectivity index (χ0n) is 16.2. The van der Waals surface area contributed by atoms with E-state index in [-0.39, 0.29) is 18.4 Å². The molecule has 1 rings (SSSR count). The molecule has 0 fully saturated rings. The number of hydrogen-bond donors (Lipinski definition) is 2. The van der Waals surface area contributed by atoms with Gasteiger partial charge in [0.1, 0.15) is 17.1 Å². The van der Waals surface area contributed by atoms with Crippen LogP contribution in [0.2, 0.25) is 0 Å². The minimum Gasteiger partial charge on any atom is -0.462 e. The molecule has 25 heavy (non-hydrogen) atoms. The number of nitrogens with one attached hydrogen (secondary N) is 2. The number of furan rings is 1. The van der Waals surface area contributed by atoms with E-state index in [1.165, 1.54) is 6.08 Å². The first-order valence-electron chi connectivity index (χ1n) is 8.45. The van der Waals surface area contributed by atoms with Crippen molar-refractivity contribution in [3.63, 3.8) is 0 Å². The molecule has 0 aliphatic carbocycles. The number of hydrogen-bond acceptors (Lipinski definition) is 4. The number of aryl methyl sites for hydroxylation is 1. The smallest absolute Gasteiger partial charge is 0.407 e. The van der Waals surface area contributed by atoms with E-state index in [0.717, 1.165) is 5.76 Å². The Morgan fingerprint density at radius 2 is 1.88 bits per heavy atom. The van der Waals surface area contributed by atoms with Crippen LogP contribution < -0.4 is 10.6 Å². The quantitative estimate of drug-likeness (QED) is 0.767. The van der Waals surface area contributed by atoms with Gasteiger partial charge in [-0.15, -0.1) is 0 Å². The van der Waals surface area contributed by atoms with Crippen molar-refractivity contribution in [2.24, 2.45) is 5.92 Å². The van der Waals surface area contributed by atoms with Crippen LogP contribution >= 0.6 is 0 Å². The molecule has 1 aromatic heterocycles. The monoisotopic (exact) mass is 350 g/mol. The highest BCUT2D eigenvalue weighted by molar-refractivity contribution is 5.92. The molecule has 140 valence electrons. The third-order valence-electron chi connectivity index (χ3n) is 3.84. The van der Waals surface area contributed by atoms with E-state index in [1.54, 1.807) is 32.9 Å². The van der Waals surface area contributed by atoms with Crippen LogP contribution in [0, 0.1) is 12.8 Å². The van der Waals surface area contributed by atoms with Crippen LogP contribution in [-0.2, 0) is 9.53 Å². The molecule has 1 atom stereocenters. The van der Waals surface area contributed by atoms with E-state index >= 15 is 0 Å². The minimum atomic E-state index is -0.614. The lowest BCUT2D eigenvalue weighted by molar-refractivity contribution is -0.118. The molecule has 0 aliphatic heterocycles. The summed E-state index contributed by atoms with van der Waals surface area (Å²) in [5.41, 5.74) is -1.18. The number of alkyl carbamates (subject to hydrolysis) is 1. The Bertz CT molecular complexity index is 626. The fraction of sp³-hybridized carbons (Fsp3) is 0.579. The van der Waals surface area contributed by atoms with Gasteiger partial charge in [0.2, 0.25) is 5.91 Å². The molecule has 0 aromatic carbocycles. The first-order valence-corrected chi connectivity index (χ1v) is 8.45. The normalized spacial score (nSPS) is 14.4. The summed E-state index contributed by atoms with van der Waals surface area (Å²) in [6.07, 6.45) is 2.53. The Hall–Kier alpha value is -2.24. The van der Waals surface area contributed by atoms with Gasteiger partial charge in [-0.1, -0.05) is 13.8 Å². The average Bonchev–Trinajstić information content (AvgIpc) is 2.87. The molecule has 1 aromatic rings. The topological polar surface area (TPSA) is 80.6 Å². The molecule has 0 spiro atoms. The van der Waals surface area contributed by atoms with Crippen LogP contribution in [0.3, 0.4) is 0 Å².